The van der Waals surface area contributed by atoms with Gasteiger partial charge in [0.15, 0.2) is 0 Å². The van der Waals surface area contributed by atoms with E-state index in [0.717, 1.165) is 0 Å². The van der Waals surface area contributed by atoms with Gasteiger partial charge in [0, 0.05) is 31.1 Å². The number of halogens is 3. The first-order valence-electron chi connectivity index (χ1n) is 9.61. The number of hydrogen-bond acceptors (Lipinski definition) is 5. The number of non-ortho nitro benzene ring substituents is 1. The lowest BCUT2D eigenvalue weighted by atomic mass is 9.84. The molecule has 0 spiro atoms. The Balaban J connectivity index is 1.73. The fourth-order valence-electron chi connectivity index (χ4n) is 3.61. The monoisotopic (exact) mass is 452 g/mol. The van der Waals surface area contributed by atoms with Crippen LogP contribution in [0.5, 0.6) is 5.75 Å². The molecule has 1 saturated heterocycles. The highest BCUT2D eigenvalue weighted by molar-refractivity contribution is 5.75. The standard InChI is InChI=1S/C21H19F3N2O6/c22-21(23,24)10-13-1-3-14(4-2-13)15-9-16(19(27)28)12-25(11-15)20(29)32-18-7-5-17(6-8-18)26(30)31/h1-8,15-16H,9-12H2,(H,27,28). The molecule has 1 N–H and O–H groups in total. The van der Waals surface area contributed by atoms with E-state index in [0.29, 0.717) is 5.56 Å². The molecule has 2 aromatic rings. The van der Waals surface area contributed by atoms with Crippen LogP contribution in [0.15, 0.2) is 48.5 Å². The summed E-state index contributed by atoms with van der Waals surface area (Å²) in [5.41, 5.74) is 0.527. The maximum atomic E-state index is 12.6. The Kier molecular flexibility index (Phi) is 6.66. The molecule has 0 radical (unpaired) electrons. The zero-order valence-corrected chi connectivity index (χ0v) is 16.6. The molecular formula is C21H19F3N2O6. The molecular weight excluding hydrogens is 433 g/mol. The molecule has 1 heterocycles. The molecule has 11 heteroatoms. The van der Waals surface area contributed by atoms with Crippen LogP contribution < -0.4 is 4.74 Å². The van der Waals surface area contributed by atoms with Crippen LogP contribution in [-0.4, -0.2) is 46.3 Å². The molecule has 8 nitrogen and oxygen atoms in total. The number of nitrogens with zero attached hydrogens (tertiary/aromatic N) is 2. The van der Waals surface area contributed by atoms with E-state index in [-0.39, 0.29) is 36.5 Å². The topological polar surface area (TPSA) is 110 Å². The van der Waals surface area contributed by atoms with E-state index < -0.39 is 41.4 Å². The van der Waals surface area contributed by atoms with Crippen LogP contribution in [-0.2, 0) is 11.2 Å². The number of carboxylic acid groups (broad SMARTS) is 1. The number of likely N-dealkylation sites (tertiary alicyclic amines) is 1. The molecule has 2 unspecified atom stereocenters. The van der Waals surface area contributed by atoms with Crippen LogP contribution in [0.4, 0.5) is 23.7 Å². The third-order valence-electron chi connectivity index (χ3n) is 5.17. The van der Waals surface area contributed by atoms with Crippen LogP contribution in [0.25, 0.3) is 0 Å². The number of nitro benzene ring substituents is 1. The molecule has 1 aliphatic heterocycles. The number of rotatable bonds is 5. The van der Waals surface area contributed by atoms with Crippen LogP contribution >= 0.6 is 0 Å². The number of carbonyl (C=O) groups is 2. The first-order chi connectivity index (χ1) is 15.0. The van der Waals surface area contributed by atoms with Gasteiger partial charge >= 0.3 is 18.2 Å². The average molecular weight is 452 g/mol. The normalized spacial score (nSPS) is 18.8. The Labute approximate surface area is 180 Å². The van der Waals surface area contributed by atoms with Gasteiger partial charge in [0.2, 0.25) is 0 Å². The SMILES string of the molecule is O=C(O)C1CC(c2ccc(CC(F)(F)F)cc2)CN(C(=O)Oc2ccc([N+](=O)[O-])cc2)C1. The van der Waals surface area contributed by atoms with Crippen molar-refractivity contribution in [1.29, 1.82) is 0 Å². The third kappa shape index (κ3) is 5.96. The minimum absolute atomic E-state index is 0.0612. The van der Waals surface area contributed by atoms with Gasteiger partial charge in [-0.2, -0.15) is 13.2 Å². The molecule has 1 fully saturated rings. The summed E-state index contributed by atoms with van der Waals surface area (Å²) in [7, 11) is 0. The number of carbonyl (C=O) groups excluding carboxylic acids is 1. The summed E-state index contributed by atoms with van der Waals surface area (Å²) in [5, 5.41) is 20.2. The van der Waals surface area contributed by atoms with E-state index in [1.807, 2.05) is 0 Å². The maximum absolute atomic E-state index is 12.6. The van der Waals surface area contributed by atoms with Gasteiger partial charge in [-0.3, -0.25) is 14.9 Å². The highest BCUT2D eigenvalue weighted by atomic mass is 19.4. The Bertz CT molecular complexity index is 992. The fraction of sp³-hybridized carbons (Fsp3) is 0.333. The number of aliphatic carboxylic acids is 1. The second-order valence-corrected chi connectivity index (χ2v) is 7.53. The smallest absolute Gasteiger partial charge is 0.415 e. The number of ether oxygens (including phenoxy) is 1. The van der Waals surface area contributed by atoms with Crippen molar-refractivity contribution < 1.29 is 37.5 Å². The number of alkyl halides is 3. The quantitative estimate of drug-likeness (QED) is 0.532. The van der Waals surface area contributed by atoms with Gasteiger partial charge in [-0.05, 0) is 29.7 Å². The molecule has 2 aromatic carbocycles. The van der Waals surface area contributed by atoms with Crippen LogP contribution in [0.2, 0.25) is 0 Å². The van der Waals surface area contributed by atoms with E-state index in [9.17, 15) is 38.0 Å². The maximum Gasteiger partial charge on any atom is 0.415 e. The van der Waals surface area contributed by atoms with Crippen LogP contribution in [0.3, 0.4) is 0 Å². The largest absolute Gasteiger partial charge is 0.481 e. The van der Waals surface area contributed by atoms with Crippen molar-refractivity contribution in [2.24, 2.45) is 5.92 Å². The number of nitro groups is 1. The first kappa shape index (κ1) is 23.0. The van der Waals surface area contributed by atoms with Crippen molar-refractivity contribution in [1.82, 2.24) is 4.90 Å². The van der Waals surface area contributed by atoms with Crippen LogP contribution in [0.1, 0.15) is 23.5 Å². The molecule has 0 bridgehead atoms. The fourth-order valence-corrected chi connectivity index (χ4v) is 3.61. The van der Waals surface area contributed by atoms with Gasteiger partial charge < -0.3 is 14.7 Å². The summed E-state index contributed by atoms with van der Waals surface area (Å²) in [6, 6.07) is 10.6. The summed E-state index contributed by atoms with van der Waals surface area (Å²) >= 11 is 0. The summed E-state index contributed by atoms with van der Waals surface area (Å²) in [6.07, 6.45) is -6.00. The summed E-state index contributed by atoms with van der Waals surface area (Å²) in [5.74, 6) is -2.33. The van der Waals surface area contributed by atoms with Crippen molar-refractivity contribution in [3.63, 3.8) is 0 Å². The van der Waals surface area contributed by atoms with Gasteiger partial charge in [-0.1, -0.05) is 24.3 Å². The highest BCUT2D eigenvalue weighted by Crippen LogP contribution is 2.32. The van der Waals surface area contributed by atoms with Gasteiger partial charge in [0.05, 0.1) is 17.3 Å². The lowest BCUT2D eigenvalue weighted by Gasteiger charge is -2.35. The summed E-state index contributed by atoms with van der Waals surface area (Å²) in [6.45, 7) is 0.0258. The van der Waals surface area contributed by atoms with E-state index >= 15 is 0 Å². The van der Waals surface area contributed by atoms with Gasteiger partial charge in [0.1, 0.15) is 5.75 Å². The lowest BCUT2D eigenvalue weighted by molar-refractivity contribution is -0.384. The molecule has 0 aliphatic carbocycles. The minimum atomic E-state index is -4.33. The zero-order valence-electron chi connectivity index (χ0n) is 16.6. The number of piperidine rings is 1. The van der Waals surface area contributed by atoms with Gasteiger partial charge in [0.25, 0.3) is 5.69 Å². The van der Waals surface area contributed by atoms with E-state index in [2.05, 4.69) is 0 Å². The molecule has 1 aliphatic rings. The molecule has 170 valence electrons. The Hall–Kier alpha value is -3.63. The molecule has 2 atom stereocenters. The minimum Gasteiger partial charge on any atom is -0.481 e. The van der Waals surface area contributed by atoms with Gasteiger partial charge in [-0.25, -0.2) is 4.79 Å². The van der Waals surface area contributed by atoms with E-state index in [1.165, 1.54) is 53.4 Å². The summed E-state index contributed by atoms with van der Waals surface area (Å²) < 4.78 is 42.9. The highest BCUT2D eigenvalue weighted by Gasteiger charge is 2.35. The first-order valence-corrected chi connectivity index (χ1v) is 9.61. The molecule has 0 saturated carbocycles. The van der Waals surface area contributed by atoms with E-state index in [1.54, 1.807) is 0 Å². The predicted octanol–water partition coefficient (Wildman–Crippen LogP) is 4.39. The van der Waals surface area contributed by atoms with Crippen molar-refractivity contribution in [2.75, 3.05) is 13.1 Å². The van der Waals surface area contributed by atoms with Crippen molar-refractivity contribution in [3.8, 4) is 5.75 Å². The molecule has 1 amide bonds. The third-order valence-corrected chi connectivity index (χ3v) is 5.17. The lowest BCUT2D eigenvalue weighted by Crippen LogP contribution is -2.46. The number of benzene rings is 2. The van der Waals surface area contributed by atoms with Crippen LogP contribution in [0, 0.1) is 16.0 Å². The van der Waals surface area contributed by atoms with Gasteiger partial charge in [-0.15, -0.1) is 0 Å². The number of amides is 1. The van der Waals surface area contributed by atoms with Crippen molar-refractivity contribution >= 4 is 17.7 Å². The second-order valence-electron chi connectivity index (χ2n) is 7.53. The van der Waals surface area contributed by atoms with Crippen molar-refractivity contribution in [3.05, 3.63) is 69.8 Å². The Morgan fingerprint density at radius 1 is 1.09 bits per heavy atom. The number of hydrogen-bond donors (Lipinski definition) is 1. The Morgan fingerprint density at radius 2 is 1.72 bits per heavy atom. The van der Waals surface area contributed by atoms with E-state index in [4.69, 9.17) is 4.74 Å². The average Bonchev–Trinajstić information content (AvgIpc) is 2.73. The Morgan fingerprint density at radius 3 is 2.25 bits per heavy atom. The number of carboxylic acids is 1. The van der Waals surface area contributed by atoms with Crippen molar-refractivity contribution in [2.45, 2.75) is 24.9 Å². The molecule has 3 rings (SSSR count). The zero-order chi connectivity index (χ0) is 23.5. The second kappa shape index (κ2) is 9.25. The summed E-state index contributed by atoms with van der Waals surface area (Å²) in [4.78, 5) is 35.5. The predicted molar refractivity (Wildman–Crippen MR) is 105 cm³/mol. The molecule has 0 aromatic heterocycles. The molecule has 32 heavy (non-hydrogen) atoms.